The Morgan fingerprint density at radius 2 is 1.03 bits per heavy atom. The van der Waals surface area contributed by atoms with Gasteiger partial charge >= 0.3 is 11.9 Å². The van der Waals surface area contributed by atoms with Crippen molar-refractivity contribution in [3.05, 3.63) is 29.8 Å². The molecule has 0 aliphatic heterocycles. The summed E-state index contributed by atoms with van der Waals surface area (Å²) in [5, 5.41) is 26.7. The summed E-state index contributed by atoms with van der Waals surface area (Å²) in [5.74, 6) is -2.38. The Morgan fingerprint density at radius 3 is 1.55 bits per heavy atom. The van der Waals surface area contributed by atoms with Crippen molar-refractivity contribution in [2.75, 3.05) is 19.7 Å². The fraction of sp³-hybridized carbons (Fsp3) is 0.705. The van der Waals surface area contributed by atoms with Gasteiger partial charge in [0.05, 0.1) is 30.3 Å². The average molecular weight is 847 g/mol. The summed E-state index contributed by atoms with van der Waals surface area (Å²) in [7, 11) is 0. The highest BCUT2D eigenvalue weighted by molar-refractivity contribution is 5.87. The van der Waals surface area contributed by atoms with Gasteiger partial charge in [0, 0.05) is 32.4 Å². The Bertz CT molecular complexity index is 1430. The Balaban J connectivity index is 2.03. The third kappa shape index (κ3) is 27.4. The molecular weight excluding hydrogens is 773 g/mol. The van der Waals surface area contributed by atoms with Gasteiger partial charge in [0.25, 0.3) is 0 Å². The Kier molecular flexibility index (Phi) is 29.8. The number of carboxylic acids is 2. The van der Waals surface area contributed by atoms with Gasteiger partial charge < -0.3 is 48.1 Å². The molecule has 340 valence electrons. The highest BCUT2D eigenvalue weighted by atomic mass is 16.5. The molecule has 1 aromatic carbocycles. The van der Waals surface area contributed by atoms with Crippen LogP contribution in [0.15, 0.2) is 24.3 Å². The van der Waals surface area contributed by atoms with E-state index in [1.54, 1.807) is 12.1 Å². The van der Waals surface area contributed by atoms with Crippen LogP contribution in [-0.4, -0.2) is 95.3 Å². The average Bonchev–Trinajstić information content (AvgIpc) is 3.21. The second-order valence-corrected chi connectivity index (χ2v) is 15.7. The summed E-state index contributed by atoms with van der Waals surface area (Å²) >= 11 is 0. The number of carbonyl (C=O) groups is 7. The van der Waals surface area contributed by atoms with E-state index in [4.69, 9.17) is 27.0 Å². The number of nitrogens with two attached hydrogens (primary N) is 3. The number of aliphatic carboxylic acids is 1. The van der Waals surface area contributed by atoms with E-state index in [1.165, 1.54) is 19.1 Å². The molecule has 11 N–H and O–H groups in total. The van der Waals surface area contributed by atoms with E-state index in [9.17, 15) is 38.7 Å². The summed E-state index contributed by atoms with van der Waals surface area (Å²) in [6.45, 7) is 2.94. The van der Waals surface area contributed by atoms with Gasteiger partial charge in [0.15, 0.2) is 0 Å². The van der Waals surface area contributed by atoms with Crippen molar-refractivity contribution in [1.29, 1.82) is 0 Å². The van der Waals surface area contributed by atoms with Gasteiger partial charge in [-0.05, 0) is 102 Å². The Morgan fingerprint density at radius 1 is 0.567 bits per heavy atom. The maximum absolute atomic E-state index is 12.4. The first-order chi connectivity index (χ1) is 28.7. The number of Topliss-reactive ketones (excluding diaryl/α,β-unsaturated/α-hetero) is 2. The molecule has 16 nitrogen and oxygen atoms in total. The fourth-order valence-electron chi connectivity index (χ4n) is 6.46. The molecule has 0 spiro atoms. The summed E-state index contributed by atoms with van der Waals surface area (Å²) in [6.07, 6.45) is 15.8. The standard InChI is InChI=1S/C44H74N6O10/c1-32(51)36(45)19-13-15-29-48-42(55)38(47)21-14-16-30-49-41(54)37(46)20-11-9-10-18-34(52)25-28-39(44(58)59)50-40(53)22-12-7-5-3-2-4-6-8-17-31-60-35-26-23-33(24-27-35)43(56)57/h23-24,26-27,36-39H,2-22,25,28-31,45-47H2,1H3,(H,48,55)(H,49,54)(H,50,53)(H,56,57)(H,58,59)/t36-,37-,38-,39?/m0/s1. The molecular formula is C44H74N6O10. The van der Waals surface area contributed by atoms with E-state index in [2.05, 4.69) is 16.0 Å². The van der Waals surface area contributed by atoms with E-state index in [-0.39, 0.29) is 54.1 Å². The lowest BCUT2D eigenvalue weighted by Crippen LogP contribution is -2.42. The number of carbonyl (C=O) groups excluding carboxylic acids is 5. The minimum atomic E-state index is -1.16. The van der Waals surface area contributed by atoms with Crippen LogP contribution in [0.3, 0.4) is 0 Å². The number of hydrogen-bond acceptors (Lipinski definition) is 11. The van der Waals surface area contributed by atoms with Crippen molar-refractivity contribution in [2.24, 2.45) is 17.2 Å². The van der Waals surface area contributed by atoms with Crippen LogP contribution < -0.4 is 37.9 Å². The van der Waals surface area contributed by atoms with Gasteiger partial charge in [0.2, 0.25) is 17.7 Å². The fourth-order valence-corrected chi connectivity index (χ4v) is 6.46. The summed E-state index contributed by atoms with van der Waals surface area (Å²) in [6, 6.07) is 3.50. The first-order valence-corrected chi connectivity index (χ1v) is 22.0. The van der Waals surface area contributed by atoms with Crippen LogP contribution in [0.2, 0.25) is 0 Å². The minimum absolute atomic E-state index is 0.0378. The van der Waals surface area contributed by atoms with E-state index in [0.29, 0.717) is 96.1 Å². The van der Waals surface area contributed by atoms with E-state index in [0.717, 1.165) is 57.8 Å². The van der Waals surface area contributed by atoms with Crippen LogP contribution in [0.5, 0.6) is 5.75 Å². The van der Waals surface area contributed by atoms with Crippen molar-refractivity contribution in [1.82, 2.24) is 16.0 Å². The quantitative estimate of drug-likeness (QED) is 0.0421. The monoisotopic (exact) mass is 847 g/mol. The second kappa shape index (κ2) is 33.3. The molecule has 0 radical (unpaired) electrons. The van der Waals surface area contributed by atoms with Gasteiger partial charge in [-0.2, -0.15) is 0 Å². The van der Waals surface area contributed by atoms with Crippen LogP contribution in [0.4, 0.5) is 0 Å². The SMILES string of the molecule is CC(=O)[C@@H](N)CCCCNC(=O)[C@@H](N)CCCCNC(=O)[C@@H](N)CCCCCC(=O)CCC(NC(=O)CCCCCCCCCCCOc1ccc(C(=O)O)cc1)C(=O)O. The number of amides is 3. The Labute approximate surface area is 356 Å². The maximum Gasteiger partial charge on any atom is 0.335 e. The highest BCUT2D eigenvalue weighted by Gasteiger charge is 2.21. The van der Waals surface area contributed by atoms with Crippen molar-refractivity contribution in [3.63, 3.8) is 0 Å². The van der Waals surface area contributed by atoms with Crippen LogP contribution in [0.1, 0.15) is 165 Å². The third-order valence-electron chi connectivity index (χ3n) is 10.4. The molecule has 0 aliphatic carbocycles. The number of rotatable bonds is 38. The summed E-state index contributed by atoms with van der Waals surface area (Å²) < 4.78 is 5.66. The van der Waals surface area contributed by atoms with Crippen LogP contribution in [0.25, 0.3) is 0 Å². The molecule has 0 bridgehead atoms. The molecule has 0 aromatic heterocycles. The molecule has 1 aromatic rings. The van der Waals surface area contributed by atoms with E-state index in [1.807, 2.05) is 0 Å². The molecule has 3 amide bonds. The zero-order valence-corrected chi connectivity index (χ0v) is 35.9. The first kappa shape index (κ1) is 53.6. The van der Waals surface area contributed by atoms with Crippen molar-refractivity contribution < 1.29 is 48.5 Å². The van der Waals surface area contributed by atoms with E-state index < -0.39 is 36.1 Å². The molecule has 60 heavy (non-hydrogen) atoms. The van der Waals surface area contributed by atoms with Gasteiger partial charge in [-0.1, -0.05) is 57.8 Å². The lowest BCUT2D eigenvalue weighted by Gasteiger charge is -2.14. The second-order valence-electron chi connectivity index (χ2n) is 15.7. The zero-order valence-electron chi connectivity index (χ0n) is 35.9. The number of hydrogen-bond donors (Lipinski definition) is 8. The van der Waals surface area contributed by atoms with Crippen LogP contribution in [-0.2, 0) is 28.8 Å². The number of benzene rings is 1. The molecule has 0 saturated heterocycles. The number of unbranched alkanes of at least 4 members (excludes halogenated alkanes) is 12. The molecule has 0 heterocycles. The van der Waals surface area contributed by atoms with Gasteiger partial charge in [0.1, 0.15) is 23.4 Å². The first-order valence-electron chi connectivity index (χ1n) is 22.0. The lowest BCUT2D eigenvalue weighted by atomic mass is 10.0. The molecule has 1 unspecified atom stereocenters. The molecule has 4 atom stereocenters. The molecule has 0 saturated carbocycles. The summed E-state index contributed by atoms with van der Waals surface area (Å²) in [5.41, 5.74) is 17.9. The molecule has 1 rings (SSSR count). The van der Waals surface area contributed by atoms with Crippen molar-refractivity contribution in [2.45, 2.75) is 179 Å². The smallest absolute Gasteiger partial charge is 0.335 e. The van der Waals surface area contributed by atoms with Crippen molar-refractivity contribution in [3.8, 4) is 5.75 Å². The van der Waals surface area contributed by atoms with E-state index >= 15 is 0 Å². The van der Waals surface area contributed by atoms with Gasteiger partial charge in [-0.25, -0.2) is 9.59 Å². The van der Waals surface area contributed by atoms with Crippen LogP contribution in [0, 0.1) is 0 Å². The third-order valence-corrected chi connectivity index (χ3v) is 10.4. The van der Waals surface area contributed by atoms with Crippen molar-refractivity contribution >= 4 is 41.2 Å². The normalized spacial score (nSPS) is 13.1. The topological polar surface area (TPSA) is 283 Å². The maximum atomic E-state index is 12.4. The predicted molar refractivity (Wildman–Crippen MR) is 230 cm³/mol. The highest BCUT2D eigenvalue weighted by Crippen LogP contribution is 2.15. The lowest BCUT2D eigenvalue weighted by molar-refractivity contribution is -0.142. The number of ketones is 2. The Hall–Kier alpha value is -4.41. The number of ether oxygens (including phenoxy) is 1. The zero-order chi connectivity index (χ0) is 44.5. The van der Waals surface area contributed by atoms with Gasteiger partial charge in [-0.3, -0.25) is 24.0 Å². The summed E-state index contributed by atoms with van der Waals surface area (Å²) in [4.78, 5) is 83.1. The number of aromatic carboxylic acids is 1. The van der Waals surface area contributed by atoms with Gasteiger partial charge in [-0.15, -0.1) is 0 Å². The molecule has 16 heteroatoms. The predicted octanol–water partition coefficient (Wildman–Crippen LogP) is 4.68. The minimum Gasteiger partial charge on any atom is -0.494 e. The molecule has 0 fully saturated rings. The number of carboxylic acid groups (broad SMARTS) is 2. The largest absolute Gasteiger partial charge is 0.494 e. The number of nitrogens with one attached hydrogen (secondary N) is 3. The van der Waals surface area contributed by atoms with Crippen LogP contribution >= 0.6 is 0 Å². The molecule has 0 aliphatic rings.